The summed E-state index contributed by atoms with van der Waals surface area (Å²) in [5, 5.41) is 2.76. The molecule has 0 bridgehead atoms. The summed E-state index contributed by atoms with van der Waals surface area (Å²) in [6.07, 6.45) is 3.40. The number of rotatable bonds is 8. The Balaban J connectivity index is 1.57. The first kappa shape index (κ1) is 25.2. The van der Waals surface area contributed by atoms with E-state index in [1.165, 1.54) is 22.8 Å². The van der Waals surface area contributed by atoms with Gasteiger partial charge in [0, 0.05) is 6.54 Å². The molecule has 1 N–H and O–H groups in total. The molecule has 188 valence electrons. The molecule has 10 heteroatoms. The SMILES string of the molecule is CCOC(=O)/C=c1\s/c(=C/c2ccc3c(c2)OCCO3)c(=O)n1CC(=O)NCCc1ccc(F)cc1. The fourth-order valence-corrected chi connectivity index (χ4v) is 4.61. The van der Waals surface area contributed by atoms with Crippen LogP contribution in [0, 0.1) is 5.82 Å². The number of nitrogens with zero attached hydrogens (tertiary/aromatic N) is 1. The van der Waals surface area contributed by atoms with Crippen LogP contribution in [-0.4, -0.2) is 42.8 Å². The summed E-state index contributed by atoms with van der Waals surface area (Å²) in [4.78, 5) is 37.9. The molecule has 1 aliphatic rings. The molecule has 0 spiro atoms. The fourth-order valence-electron chi connectivity index (χ4n) is 3.58. The molecule has 36 heavy (non-hydrogen) atoms. The summed E-state index contributed by atoms with van der Waals surface area (Å²) in [5.74, 6) is -0.0910. The molecule has 2 aromatic carbocycles. The van der Waals surface area contributed by atoms with Crippen LogP contribution >= 0.6 is 11.3 Å². The third kappa shape index (κ3) is 6.39. The van der Waals surface area contributed by atoms with E-state index >= 15 is 0 Å². The van der Waals surface area contributed by atoms with E-state index in [4.69, 9.17) is 14.2 Å². The number of hydrogen-bond donors (Lipinski definition) is 1. The Labute approximate surface area is 210 Å². The summed E-state index contributed by atoms with van der Waals surface area (Å²) >= 11 is 1.09. The van der Waals surface area contributed by atoms with Crippen molar-refractivity contribution in [1.29, 1.82) is 0 Å². The maximum atomic E-state index is 13.2. The average molecular weight is 513 g/mol. The van der Waals surface area contributed by atoms with Crippen molar-refractivity contribution in [3.05, 3.63) is 79.0 Å². The highest BCUT2D eigenvalue weighted by Crippen LogP contribution is 2.30. The highest BCUT2D eigenvalue weighted by atomic mass is 32.1. The van der Waals surface area contributed by atoms with Gasteiger partial charge in [0.15, 0.2) is 11.5 Å². The maximum Gasteiger partial charge on any atom is 0.333 e. The molecule has 3 aromatic rings. The number of nitrogens with one attached hydrogen (secondary N) is 1. The minimum absolute atomic E-state index is 0.186. The molecule has 1 aromatic heterocycles. The van der Waals surface area contributed by atoms with E-state index in [1.54, 1.807) is 43.3 Å². The van der Waals surface area contributed by atoms with Gasteiger partial charge in [0.25, 0.3) is 5.56 Å². The topological polar surface area (TPSA) is 95.9 Å². The van der Waals surface area contributed by atoms with Crippen LogP contribution in [0.2, 0.25) is 0 Å². The van der Waals surface area contributed by atoms with Crippen LogP contribution in [0.3, 0.4) is 0 Å². The summed E-state index contributed by atoms with van der Waals surface area (Å²) in [6, 6.07) is 11.4. The second-order valence-corrected chi connectivity index (χ2v) is 8.93. The summed E-state index contributed by atoms with van der Waals surface area (Å²) in [5.41, 5.74) is 1.19. The number of carbonyl (C=O) groups is 2. The Bertz CT molecular complexity index is 1430. The van der Waals surface area contributed by atoms with E-state index in [-0.39, 0.29) is 24.9 Å². The minimum Gasteiger partial charge on any atom is -0.486 e. The smallest absolute Gasteiger partial charge is 0.333 e. The number of aromatic nitrogens is 1. The number of halogens is 1. The van der Waals surface area contributed by atoms with Crippen molar-refractivity contribution >= 4 is 35.4 Å². The fraction of sp³-hybridized carbons (Fsp3) is 0.269. The highest BCUT2D eigenvalue weighted by molar-refractivity contribution is 7.07. The predicted octanol–water partition coefficient (Wildman–Crippen LogP) is 1.35. The third-order valence-electron chi connectivity index (χ3n) is 5.28. The van der Waals surface area contributed by atoms with Crippen molar-refractivity contribution in [2.45, 2.75) is 19.9 Å². The average Bonchev–Trinajstić information content (AvgIpc) is 3.14. The van der Waals surface area contributed by atoms with Crippen LogP contribution in [-0.2, 0) is 27.3 Å². The van der Waals surface area contributed by atoms with Gasteiger partial charge in [0.1, 0.15) is 30.2 Å². The van der Waals surface area contributed by atoms with E-state index < -0.39 is 11.5 Å². The summed E-state index contributed by atoms with van der Waals surface area (Å²) in [6.45, 7) is 2.84. The molecule has 8 nitrogen and oxygen atoms in total. The van der Waals surface area contributed by atoms with Gasteiger partial charge in [-0.05, 0) is 54.8 Å². The zero-order valence-corrected chi connectivity index (χ0v) is 20.4. The number of thiazole rings is 1. The molecular weight excluding hydrogens is 487 g/mol. The Morgan fingerprint density at radius 1 is 1.14 bits per heavy atom. The van der Waals surface area contributed by atoms with Crippen LogP contribution in [0.4, 0.5) is 4.39 Å². The lowest BCUT2D eigenvalue weighted by molar-refractivity contribution is -0.135. The zero-order valence-electron chi connectivity index (χ0n) is 19.6. The quantitative estimate of drug-likeness (QED) is 0.458. The van der Waals surface area contributed by atoms with E-state index in [0.717, 1.165) is 22.5 Å². The van der Waals surface area contributed by atoms with Gasteiger partial charge in [0.05, 0.1) is 17.2 Å². The first-order chi connectivity index (χ1) is 17.4. The number of benzene rings is 2. The monoisotopic (exact) mass is 512 g/mol. The number of ether oxygens (including phenoxy) is 3. The van der Waals surface area contributed by atoms with Crippen molar-refractivity contribution in [3.63, 3.8) is 0 Å². The Morgan fingerprint density at radius 3 is 2.64 bits per heavy atom. The maximum absolute atomic E-state index is 13.2. The van der Waals surface area contributed by atoms with Crippen LogP contribution in [0.5, 0.6) is 11.5 Å². The van der Waals surface area contributed by atoms with Gasteiger partial charge in [-0.15, -0.1) is 11.3 Å². The Hall–Kier alpha value is -3.92. The van der Waals surface area contributed by atoms with Gasteiger partial charge >= 0.3 is 5.97 Å². The normalized spacial score (nSPS) is 13.5. The van der Waals surface area contributed by atoms with Gasteiger partial charge in [-0.2, -0.15) is 0 Å². The molecule has 0 radical (unpaired) electrons. The van der Waals surface area contributed by atoms with Crippen molar-refractivity contribution in [2.24, 2.45) is 0 Å². The van der Waals surface area contributed by atoms with Crippen LogP contribution in [0.25, 0.3) is 12.2 Å². The van der Waals surface area contributed by atoms with Crippen molar-refractivity contribution in [3.8, 4) is 11.5 Å². The van der Waals surface area contributed by atoms with Gasteiger partial charge < -0.3 is 19.5 Å². The highest BCUT2D eigenvalue weighted by Gasteiger charge is 2.13. The molecule has 1 aliphatic heterocycles. The van der Waals surface area contributed by atoms with E-state index in [0.29, 0.717) is 46.9 Å². The first-order valence-electron chi connectivity index (χ1n) is 11.4. The lowest BCUT2D eigenvalue weighted by Crippen LogP contribution is -2.38. The number of fused-ring (bicyclic) bond motifs is 1. The number of amides is 1. The van der Waals surface area contributed by atoms with Crippen LogP contribution < -0.4 is 29.5 Å². The molecule has 1 amide bonds. The molecule has 0 fully saturated rings. The predicted molar refractivity (Wildman–Crippen MR) is 133 cm³/mol. The largest absolute Gasteiger partial charge is 0.486 e. The molecule has 2 heterocycles. The Kier molecular flexibility index (Phi) is 8.17. The first-order valence-corrected chi connectivity index (χ1v) is 12.2. The van der Waals surface area contributed by atoms with Crippen LogP contribution in [0.15, 0.2) is 47.3 Å². The van der Waals surface area contributed by atoms with Crippen molar-refractivity contribution in [2.75, 3.05) is 26.4 Å². The summed E-state index contributed by atoms with van der Waals surface area (Å²) < 4.78 is 31.1. The number of hydrogen-bond acceptors (Lipinski definition) is 7. The van der Waals surface area contributed by atoms with Crippen molar-refractivity contribution in [1.82, 2.24) is 9.88 Å². The van der Waals surface area contributed by atoms with Gasteiger partial charge in [-0.1, -0.05) is 18.2 Å². The third-order valence-corrected chi connectivity index (χ3v) is 6.34. The molecule has 4 rings (SSSR count). The van der Waals surface area contributed by atoms with Gasteiger partial charge in [0.2, 0.25) is 5.91 Å². The molecular formula is C26H25FN2O6S. The molecule has 0 saturated carbocycles. The lowest BCUT2D eigenvalue weighted by Gasteiger charge is -2.18. The number of carbonyl (C=O) groups excluding carboxylic acids is 2. The zero-order chi connectivity index (χ0) is 25.5. The number of esters is 1. The minimum atomic E-state index is -0.602. The molecule has 0 saturated heterocycles. The van der Waals surface area contributed by atoms with Gasteiger partial charge in [-0.25, -0.2) is 9.18 Å². The van der Waals surface area contributed by atoms with E-state index in [1.807, 2.05) is 0 Å². The molecule has 0 aliphatic carbocycles. The van der Waals surface area contributed by atoms with Gasteiger partial charge in [-0.3, -0.25) is 14.2 Å². The lowest BCUT2D eigenvalue weighted by atomic mass is 10.1. The van der Waals surface area contributed by atoms with Crippen LogP contribution in [0.1, 0.15) is 18.1 Å². The Morgan fingerprint density at radius 2 is 1.89 bits per heavy atom. The standard InChI is InChI=1S/C26H25FN2O6S/c1-2-33-25(31)15-24-29(16-23(30)28-10-9-17-3-6-19(27)7-4-17)26(32)22(36-24)14-18-5-8-20-21(13-18)35-12-11-34-20/h3-8,13-15H,2,9-12,16H2,1H3,(H,28,30)/b22-14+,24-15-. The van der Waals surface area contributed by atoms with E-state index in [2.05, 4.69) is 5.32 Å². The molecule has 0 unspecified atom stereocenters. The van der Waals surface area contributed by atoms with E-state index in [9.17, 15) is 18.8 Å². The summed E-state index contributed by atoms with van der Waals surface area (Å²) in [7, 11) is 0. The molecule has 0 atom stereocenters. The second-order valence-electron chi connectivity index (χ2n) is 7.87. The van der Waals surface area contributed by atoms with Crippen molar-refractivity contribution < 1.29 is 28.2 Å². The second kappa shape index (κ2) is 11.7.